The summed E-state index contributed by atoms with van der Waals surface area (Å²) in [7, 11) is 0. The molecule has 0 aromatic carbocycles. The van der Waals surface area contributed by atoms with Gasteiger partial charge in [-0.15, -0.1) is 0 Å². The lowest BCUT2D eigenvalue weighted by molar-refractivity contribution is -0.175. The highest BCUT2D eigenvalue weighted by molar-refractivity contribution is 5.75. The van der Waals surface area contributed by atoms with Gasteiger partial charge >= 0.3 is 5.97 Å². The molecule has 0 amide bonds. The number of carbonyl (C=O) groups is 1. The molecule has 1 heterocycles. The minimum absolute atomic E-state index is 0.0360. The first-order valence-corrected chi connectivity index (χ1v) is 9.20. The summed E-state index contributed by atoms with van der Waals surface area (Å²) in [6, 6.07) is -0.534. The number of hydrogen-bond donors (Lipinski definition) is 1. The van der Waals surface area contributed by atoms with E-state index < -0.39 is 6.04 Å². The van der Waals surface area contributed by atoms with E-state index in [1.54, 1.807) is 0 Å². The molecule has 1 aliphatic carbocycles. The van der Waals surface area contributed by atoms with Crippen molar-refractivity contribution < 1.29 is 19.0 Å². The molecule has 2 N–H and O–H groups in total. The quantitative estimate of drug-likeness (QED) is 0.786. The highest BCUT2D eigenvalue weighted by atomic mass is 16.6. The molecule has 134 valence electrons. The van der Waals surface area contributed by atoms with E-state index in [0.717, 1.165) is 25.7 Å². The predicted molar refractivity (Wildman–Crippen MR) is 89.1 cm³/mol. The fraction of sp³-hybridized carbons (Fsp3) is 0.944. The summed E-state index contributed by atoms with van der Waals surface area (Å²) in [4.78, 5) is 12.0. The minimum Gasteiger partial charge on any atom is -0.459 e. The van der Waals surface area contributed by atoms with Crippen molar-refractivity contribution in [1.29, 1.82) is 0 Å². The van der Waals surface area contributed by atoms with E-state index in [4.69, 9.17) is 19.9 Å². The maximum absolute atomic E-state index is 12.0. The molecule has 2 aliphatic rings. The van der Waals surface area contributed by atoms with Crippen LogP contribution in [0.1, 0.15) is 65.7 Å². The summed E-state index contributed by atoms with van der Waals surface area (Å²) in [6.45, 7) is 6.88. The topological polar surface area (TPSA) is 70.8 Å². The zero-order valence-corrected chi connectivity index (χ0v) is 14.8. The number of esters is 1. The zero-order chi connectivity index (χ0) is 16.8. The van der Waals surface area contributed by atoms with E-state index in [1.807, 2.05) is 6.92 Å². The fourth-order valence-corrected chi connectivity index (χ4v) is 3.40. The molecule has 23 heavy (non-hydrogen) atoms. The van der Waals surface area contributed by atoms with Crippen molar-refractivity contribution in [3.8, 4) is 0 Å². The van der Waals surface area contributed by atoms with Crippen LogP contribution in [0.5, 0.6) is 0 Å². The van der Waals surface area contributed by atoms with Crippen LogP contribution in [0.4, 0.5) is 0 Å². The molecule has 1 saturated carbocycles. The van der Waals surface area contributed by atoms with Crippen molar-refractivity contribution in [1.82, 2.24) is 0 Å². The Balaban J connectivity index is 2.08. The first-order chi connectivity index (χ1) is 11.0. The summed E-state index contributed by atoms with van der Waals surface area (Å²) in [5, 5.41) is 0. The molecule has 5 heteroatoms. The van der Waals surface area contributed by atoms with Crippen molar-refractivity contribution in [2.45, 2.75) is 96.2 Å². The maximum atomic E-state index is 12.0. The highest BCUT2D eigenvalue weighted by Gasteiger charge is 2.36. The molecule has 0 spiro atoms. The van der Waals surface area contributed by atoms with Crippen molar-refractivity contribution in [3.63, 3.8) is 0 Å². The van der Waals surface area contributed by atoms with Gasteiger partial charge in [0.15, 0.2) is 0 Å². The van der Waals surface area contributed by atoms with E-state index in [0.29, 0.717) is 18.9 Å². The van der Waals surface area contributed by atoms with Gasteiger partial charge < -0.3 is 19.9 Å². The molecular formula is C18H33NO4. The number of rotatable bonds is 5. The van der Waals surface area contributed by atoms with E-state index in [-0.39, 0.29) is 30.4 Å². The third kappa shape index (κ3) is 5.73. The number of hydrogen-bond acceptors (Lipinski definition) is 5. The normalized spacial score (nSPS) is 34.0. The molecular weight excluding hydrogens is 294 g/mol. The predicted octanol–water partition coefficient (Wildman–Crippen LogP) is 2.80. The lowest BCUT2D eigenvalue weighted by atomic mass is 10.0. The SMILES string of the molecule is CC(C)CO[C@H]1CCC[C@H](N)C(=O)O[C@@H](C)[C@@H]1OC1CCCC1. The van der Waals surface area contributed by atoms with Gasteiger partial charge in [-0.05, 0) is 44.9 Å². The van der Waals surface area contributed by atoms with Crippen molar-refractivity contribution in [3.05, 3.63) is 0 Å². The largest absolute Gasteiger partial charge is 0.459 e. The Morgan fingerprint density at radius 1 is 1.17 bits per heavy atom. The van der Waals surface area contributed by atoms with Crippen molar-refractivity contribution in [2.24, 2.45) is 11.7 Å². The summed E-state index contributed by atoms with van der Waals surface area (Å²) in [5.41, 5.74) is 5.90. The molecule has 4 atom stereocenters. The summed E-state index contributed by atoms with van der Waals surface area (Å²) in [5.74, 6) is 0.150. The molecule has 0 radical (unpaired) electrons. The summed E-state index contributed by atoms with van der Waals surface area (Å²) in [6.07, 6.45) is 6.67. The fourth-order valence-electron chi connectivity index (χ4n) is 3.40. The second-order valence-electron chi connectivity index (χ2n) is 7.45. The first-order valence-electron chi connectivity index (χ1n) is 9.20. The Hall–Kier alpha value is -0.650. The molecule has 1 saturated heterocycles. The van der Waals surface area contributed by atoms with E-state index in [9.17, 15) is 4.79 Å². The monoisotopic (exact) mass is 327 g/mol. The Kier molecular flexibility index (Phi) is 7.31. The Morgan fingerprint density at radius 3 is 2.52 bits per heavy atom. The van der Waals surface area contributed by atoms with Crippen LogP contribution in [-0.2, 0) is 19.0 Å². The molecule has 0 bridgehead atoms. The van der Waals surface area contributed by atoms with Gasteiger partial charge in [0.05, 0.1) is 12.2 Å². The molecule has 5 nitrogen and oxygen atoms in total. The van der Waals surface area contributed by atoms with Gasteiger partial charge in [-0.2, -0.15) is 0 Å². The zero-order valence-electron chi connectivity index (χ0n) is 14.8. The van der Waals surface area contributed by atoms with Crippen molar-refractivity contribution >= 4 is 5.97 Å². The average molecular weight is 327 g/mol. The molecule has 0 aromatic rings. The van der Waals surface area contributed by atoms with Gasteiger partial charge in [0.2, 0.25) is 0 Å². The van der Waals surface area contributed by atoms with Crippen LogP contribution in [0.2, 0.25) is 0 Å². The minimum atomic E-state index is -0.534. The van der Waals surface area contributed by atoms with E-state index in [1.165, 1.54) is 12.8 Å². The van der Waals surface area contributed by atoms with Crippen LogP contribution in [0, 0.1) is 5.92 Å². The van der Waals surface area contributed by atoms with Gasteiger partial charge in [-0.25, -0.2) is 0 Å². The van der Waals surface area contributed by atoms with Crippen LogP contribution in [0.3, 0.4) is 0 Å². The average Bonchev–Trinajstić information content (AvgIpc) is 3.01. The van der Waals surface area contributed by atoms with Crippen LogP contribution < -0.4 is 5.73 Å². The first kappa shape index (κ1) is 18.7. The Bertz CT molecular complexity index is 368. The van der Waals surface area contributed by atoms with Crippen LogP contribution >= 0.6 is 0 Å². The molecule has 2 fully saturated rings. The standard InChI is InChI=1S/C18H33NO4/c1-12(2)11-21-16-10-6-9-15(19)18(20)22-13(3)17(16)23-14-7-4-5-8-14/h12-17H,4-11,19H2,1-3H3/t13-,15-,16-,17-/m0/s1. The van der Waals surface area contributed by atoms with Gasteiger partial charge in [0.1, 0.15) is 18.2 Å². The second-order valence-corrected chi connectivity index (χ2v) is 7.45. The number of carbonyl (C=O) groups excluding carboxylic acids is 1. The van der Waals surface area contributed by atoms with Gasteiger partial charge in [-0.3, -0.25) is 4.79 Å². The smallest absolute Gasteiger partial charge is 0.323 e. The molecule has 0 unspecified atom stereocenters. The summed E-state index contributed by atoms with van der Waals surface area (Å²) < 4.78 is 18.1. The van der Waals surface area contributed by atoms with E-state index in [2.05, 4.69) is 13.8 Å². The van der Waals surface area contributed by atoms with Crippen molar-refractivity contribution in [2.75, 3.05) is 6.61 Å². The molecule has 2 rings (SSSR count). The second kappa shape index (κ2) is 9.00. The van der Waals surface area contributed by atoms with Gasteiger partial charge in [0.25, 0.3) is 0 Å². The number of nitrogens with two attached hydrogens (primary N) is 1. The van der Waals surface area contributed by atoms with E-state index >= 15 is 0 Å². The molecule has 0 aromatic heterocycles. The maximum Gasteiger partial charge on any atom is 0.323 e. The number of cyclic esters (lactones) is 1. The van der Waals surface area contributed by atoms with Gasteiger partial charge in [0, 0.05) is 6.61 Å². The van der Waals surface area contributed by atoms with Crippen LogP contribution in [0.15, 0.2) is 0 Å². The Labute approximate surface area is 140 Å². The Morgan fingerprint density at radius 2 is 1.87 bits per heavy atom. The molecule has 1 aliphatic heterocycles. The lowest BCUT2D eigenvalue weighted by Gasteiger charge is -2.33. The summed E-state index contributed by atoms with van der Waals surface area (Å²) >= 11 is 0. The van der Waals surface area contributed by atoms with Crippen LogP contribution in [0.25, 0.3) is 0 Å². The van der Waals surface area contributed by atoms with Gasteiger partial charge in [-0.1, -0.05) is 26.7 Å². The van der Waals surface area contributed by atoms with Crippen LogP contribution in [-0.4, -0.2) is 43.0 Å². The third-order valence-electron chi connectivity index (χ3n) is 4.73. The lowest BCUT2D eigenvalue weighted by Crippen LogP contribution is -2.45. The number of ether oxygens (including phenoxy) is 3. The highest BCUT2D eigenvalue weighted by Crippen LogP contribution is 2.28. The third-order valence-corrected chi connectivity index (χ3v) is 4.73.